The lowest BCUT2D eigenvalue weighted by Crippen LogP contribution is -2.37. The molecule has 0 spiro atoms. The van der Waals surface area contributed by atoms with Crippen molar-refractivity contribution in [2.45, 2.75) is 45.1 Å². The highest BCUT2D eigenvalue weighted by atomic mass is 15.1. The van der Waals surface area contributed by atoms with Crippen LogP contribution in [0.2, 0.25) is 0 Å². The summed E-state index contributed by atoms with van der Waals surface area (Å²) >= 11 is 0. The Balaban J connectivity index is 2.29. The van der Waals surface area contributed by atoms with Gasteiger partial charge in [-0.15, -0.1) is 0 Å². The fourth-order valence-corrected chi connectivity index (χ4v) is 2.54. The Kier molecular flexibility index (Phi) is 5.34. The summed E-state index contributed by atoms with van der Waals surface area (Å²) in [6, 6.07) is 0.760. The van der Waals surface area contributed by atoms with Gasteiger partial charge in [-0.2, -0.15) is 0 Å². The van der Waals surface area contributed by atoms with Crippen LogP contribution in [0, 0.1) is 5.92 Å². The third-order valence-electron chi connectivity index (χ3n) is 3.78. The van der Waals surface area contributed by atoms with E-state index in [-0.39, 0.29) is 0 Å². The molecule has 1 rings (SSSR count). The van der Waals surface area contributed by atoms with Crippen LogP contribution >= 0.6 is 0 Å². The van der Waals surface area contributed by atoms with Gasteiger partial charge >= 0.3 is 0 Å². The maximum absolute atomic E-state index is 5.57. The van der Waals surface area contributed by atoms with E-state index in [1.54, 1.807) is 0 Å². The van der Waals surface area contributed by atoms with Gasteiger partial charge in [0.25, 0.3) is 0 Å². The molecule has 2 nitrogen and oxygen atoms in total. The molecule has 0 aromatic heterocycles. The van der Waals surface area contributed by atoms with Crippen LogP contribution in [0.3, 0.4) is 0 Å². The van der Waals surface area contributed by atoms with Gasteiger partial charge in [-0.05, 0) is 44.2 Å². The van der Waals surface area contributed by atoms with Crippen LogP contribution in [-0.4, -0.2) is 31.1 Å². The molecule has 2 N–H and O–H groups in total. The first kappa shape index (κ1) is 12.7. The number of hydrogen-bond acceptors (Lipinski definition) is 2. The average molecular weight is 210 g/mol. The SMILES string of the molecule is C=C(CN)CN(C)C1CCC(CC)CC1. The molecule has 0 bridgehead atoms. The van der Waals surface area contributed by atoms with E-state index in [2.05, 4.69) is 25.5 Å². The second-order valence-electron chi connectivity index (χ2n) is 4.95. The minimum absolute atomic E-state index is 0.620. The lowest BCUT2D eigenvalue weighted by molar-refractivity contribution is 0.174. The lowest BCUT2D eigenvalue weighted by Gasteiger charge is -2.34. The van der Waals surface area contributed by atoms with E-state index in [0.717, 1.165) is 24.1 Å². The lowest BCUT2D eigenvalue weighted by atomic mass is 9.84. The van der Waals surface area contributed by atoms with Crippen LogP contribution in [0.25, 0.3) is 0 Å². The highest BCUT2D eigenvalue weighted by Gasteiger charge is 2.22. The zero-order valence-corrected chi connectivity index (χ0v) is 10.3. The minimum atomic E-state index is 0.620. The number of likely N-dealkylation sites (N-methyl/N-ethyl adjacent to an activating group) is 1. The molecule has 0 aliphatic heterocycles. The highest BCUT2D eigenvalue weighted by Crippen LogP contribution is 2.28. The second-order valence-corrected chi connectivity index (χ2v) is 4.95. The number of nitrogens with two attached hydrogens (primary N) is 1. The normalized spacial score (nSPS) is 26.9. The van der Waals surface area contributed by atoms with Gasteiger partial charge in [0.1, 0.15) is 0 Å². The first-order chi connectivity index (χ1) is 7.17. The molecule has 88 valence electrons. The van der Waals surface area contributed by atoms with E-state index >= 15 is 0 Å². The van der Waals surface area contributed by atoms with Crippen LogP contribution in [0.1, 0.15) is 39.0 Å². The fraction of sp³-hybridized carbons (Fsp3) is 0.846. The molecule has 0 aromatic rings. The summed E-state index contributed by atoms with van der Waals surface area (Å²) < 4.78 is 0. The molecule has 1 saturated carbocycles. The monoisotopic (exact) mass is 210 g/mol. The van der Waals surface area contributed by atoms with Crippen molar-refractivity contribution in [1.29, 1.82) is 0 Å². The van der Waals surface area contributed by atoms with Crippen molar-refractivity contribution in [3.05, 3.63) is 12.2 Å². The summed E-state index contributed by atoms with van der Waals surface area (Å²) in [5, 5.41) is 0. The molecule has 0 unspecified atom stereocenters. The number of rotatable bonds is 5. The standard InChI is InChI=1S/C13H26N2/c1-4-12-5-7-13(8-6-12)15(3)10-11(2)9-14/h12-13H,2,4-10,14H2,1,3H3. The molecule has 0 aromatic carbocycles. The first-order valence-corrected chi connectivity index (χ1v) is 6.24. The van der Waals surface area contributed by atoms with Crippen LogP contribution in [0.4, 0.5) is 0 Å². The molecule has 1 aliphatic rings. The zero-order valence-electron chi connectivity index (χ0n) is 10.3. The third kappa shape index (κ3) is 3.96. The smallest absolute Gasteiger partial charge is 0.0202 e. The van der Waals surface area contributed by atoms with Gasteiger partial charge in [0.05, 0.1) is 0 Å². The largest absolute Gasteiger partial charge is 0.327 e. The molecule has 0 amide bonds. The van der Waals surface area contributed by atoms with Gasteiger partial charge in [-0.1, -0.05) is 19.9 Å². The quantitative estimate of drug-likeness (QED) is 0.706. The average Bonchev–Trinajstić information content (AvgIpc) is 2.29. The maximum atomic E-state index is 5.57. The van der Waals surface area contributed by atoms with E-state index in [4.69, 9.17) is 5.73 Å². The molecular formula is C13H26N2. The Hall–Kier alpha value is -0.340. The van der Waals surface area contributed by atoms with Gasteiger partial charge in [0.2, 0.25) is 0 Å². The van der Waals surface area contributed by atoms with Crippen molar-refractivity contribution >= 4 is 0 Å². The molecule has 1 fully saturated rings. The van der Waals surface area contributed by atoms with Gasteiger partial charge < -0.3 is 5.73 Å². The predicted molar refractivity (Wildman–Crippen MR) is 66.9 cm³/mol. The Labute approximate surface area is 94.5 Å². The molecule has 15 heavy (non-hydrogen) atoms. The summed E-state index contributed by atoms with van der Waals surface area (Å²) in [5.74, 6) is 0.979. The first-order valence-electron chi connectivity index (χ1n) is 6.24. The molecule has 0 radical (unpaired) electrons. The van der Waals surface area contributed by atoms with E-state index in [9.17, 15) is 0 Å². The fourth-order valence-electron chi connectivity index (χ4n) is 2.54. The molecule has 1 aliphatic carbocycles. The minimum Gasteiger partial charge on any atom is -0.327 e. The van der Waals surface area contributed by atoms with Crippen LogP contribution in [0.5, 0.6) is 0 Å². The van der Waals surface area contributed by atoms with E-state index in [0.29, 0.717) is 6.54 Å². The van der Waals surface area contributed by atoms with E-state index in [1.165, 1.54) is 32.1 Å². The molecular weight excluding hydrogens is 184 g/mol. The summed E-state index contributed by atoms with van der Waals surface area (Å²) in [5.41, 5.74) is 6.72. The van der Waals surface area contributed by atoms with Gasteiger partial charge in [0.15, 0.2) is 0 Å². The van der Waals surface area contributed by atoms with Crippen LogP contribution < -0.4 is 5.73 Å². The molecule has 0 heterocycles. The molecule has 0 atom stereocenters. The van der Waals surface area contributed by atoms with Gasteiger partial charge in [-0.25, -0.2) is 0 Å². The van der Waals surface area contributed by atoms with Crippen molar-refractivity contribution < 1.29 is 0 Å². The van der Waals surface area contributed by atoms with E-state index < -0.39 is 0 Å². The molecule has 0 saturated heterocycles. The van der Waals surface area contributed by atoms with E-state index in [1.807, 2.05) is 0 Å². The summed E-state index contributed by atoms with van der Waals surface area (Å²) in [6.45, 7) is 7.87. The molecule has 2 heteroatoms. The van der Waals surface area contributed by atoms with Crippen molar-refractivity contribution in [2.24, 2.45) is 11.7 Å². The van der Waals surface area contributed by atoms with Crippen molar-refractivity contribution in [1.82, 2.24) is 4.90 Å². The second kappa shape index (κ2) is 6.29. The third-order valence-corrected chi connectivity index (χ3v) is 3.78. The van der Waals surface area contributed by atoms with Crippen molar-refractivity contribution in [2.75, 3.05) is 20.1 Å². The maximum Gasteiger partial charge on any atom is 0.0202 e. The highest BCUT2D eigenvalue weighted by molar-refractivity contribution is 4.99. The Bertz CT molecular complexity index is 193. The topological polar surface area (TPSA) is 29.3 Å². The Morgan fingerprint density at radius 1 is 1.33 bits per heavy atom. The van der Waals surface area contributed by atoms with Crippen molar-refractivity contribution in [3.63, 3.8) is 0 Å². The zero-order chi connectivity index (χ0) is 11.3. The predicted octanol–water partition coefficient (Wildman–Crippen LogP) is 2.40. The number of nitrogens with zero attached hydrogens (tertiary/aromatic N) is 1. The summed E-state index contributed by atoms with van der Waals surface area (Å²) in [7, 11) is 2.21. The van der Waals surface area contributed by atoms with Gasteiger partial charge in [-0.3, -0.25) is 4.90 Å². The van der Waals surface area contributed by atoms with Crippen LogP contribution in [0.15, 0.2) is 12.2 Å². The Morgan fingerprint density at radius 2 is 1.93 bits per heavy atom. The summed E-state index contributed by atoms with van der Waals surface area (Å²) in [6.07, 6.45) is 6.87. The van der Waals surface area contributed by atoms with Crippen LogP contribution in [-0.2, 0) is 0 Å². The van der Waals surface area contributed by atoms with Gasteiger partial charge in [0, 0.05) is 19.1 Å². The Morgan fingerprint density at radius 3 is 2.40 bits per heavy atom. The summed E-state index contributed by atoms with van der Waals surface area (Å²) in [4.78, 5) is 2.43. The number of hydrogen-bond donors (Lipinski definition) is 1. The van der Waals surface area contributed by atoms with Crippen molar-refractivity contribution in [3.8, 4) is 0 Å².